The maximum absolute atomic E-state index is 12.4. The molecule has 0 aromatic carbocycles. The molecule has 0 aliphatic heterocycles. The molecule has 2 aromatic heterocycles. The van der Waals surface area contributed by atoms with Crippen molar-refractivity contribution in [1.29, 1.82) is 0 Å². The van der Waals surface area contributed by atoms with Crippen LogP contribution in [0.1, 0.15) is 68.4 Å². The Bertz CT molecular complexity index is 880. The smallest absolute Gasteiger partial charge is 0.270 e. The number of nitrogens with zero attached hydrogens (tertiary/aromatic N) is 3. The number of aliphatic hydroxyl groups excluding tert-OH is 1. The van der Waals surface area contributed by atoms with E-state index in [-0.39, 0.29) is 18.8 Å². The molecule has 7 heteroatoms. The molecule has 0 radical (unpaired) electrons. The third-order valence-corrected chi connectivity index (χ3v) is 5.38. The van der Waals surface area contributed by atoms with Gasteiger partial charge in [-0.15, -0.1) is 0 Å². The molecule has 2 heterocycles. The maximum Gasteiger partial charge on any atom is 0.270 e. The SMILES string of the molecule is Cc1cc(CN(C)Cc2c(C=O)ccnc2C(=O)NCCO)cnc1C1CCC1. The molecule has 3 rings (SSSR count). The predicted octanol–water partition coefficient (Wildman–Crippen LogP) is 2.22. The molecule has 154 valence electrons. The van der Waals surface area contributed by atoms with Crippen LogP contribution in [-0.4, -0.2) is 52.4 Å². The Morgan fingerprint density at radius 3 is 2.76 bits per heavy atom. The largest absolute Gasteiger partial charge is 0.395 e. The van der Waals surface area contributed by atoms with E-state index in [0.29, 0.717) is 30.1 Å². The van der Waals surface area contributed by atoms with Crippen LogP contribution in [0, 0.1) is 6.92 Å². The van der Waals surface area contributed by atoms with E-state index in [2.05, 4.69) is 23.3 Å². The number of nitrogens with one attached hydrogen (secondary N) is 1. The maximum atomic E-state index is 12.4. The summed E-state index contributed by atoms with van der Waals surface area (Å²) in [6, 6.07) is 3.79. The molecule has 1 fully saturated rings. The van der Waals surface area contributed by atoms with E-state index in [4.69, 9.17) is 10.1 Å². The van der Waals surface area contributed by atoms with Crippen molar-refractivity contribution in [1.82, 2.24) is 20.2 Å². The van der Waals surface area contributed by atoms with E-state index < -0.39 is 5.91 Å². The number of aliphatic hydroxyl groups is 1. The first-order valence-electron chi connectivity index (χ1n) is 9.99. The minimum Gasteiger partial charge on any atom is -0.395 e. The first-order chi connectivity index (χ1) is 14.0. The number of hydrogen-bond acceptors (Lipinski definition) is 6. The molecule has 29 heavy (non-hydrogen) atoms. The average molecular weight is 396 g/mol. The Labute approximate surface area is 171 Å². The fourth-order valence-electron chi connectivity index (χ4n) is 3.71. The number of carbonyl (C=O) groups is 2. The van der Waals surface area contributed by atoms with Gasteiger partial charge >= 0.3 is 0 Å². The van der Waals surface area contributed by atoms with Crippen molar-refractivity contribution in [3.8, 4) is 0 Å². The van der Waals surface area contributed by atoms with E-state index in [9.17, 15) is 9.59 Å². The number of pyridine rings is 2. The number of aldehydes is 1. The normalized spacial score (nSPS) is 13.9. The Morgan fingerprint density at radius 1 is 1.34 bits per heavy atom. The summed E-state index contributed by atoms with van der Waals surface area (Å²) in [7, 11) is 1.94. The second-order valence-electron chi connectivity index (χ2n) is 7.67. The fraction of sp³-hybridized carbons (Fsp3) is 0.455. The van der Waals surface area contributed by atoms with Gasteiger partial charge < -0.3 is 10.4 Å². The molecule has 0 unspecified atom stereocenters. The fourth-order valence-corrected chi connectivity index (χ4v) is 3.71. The molecule has 1 saturated carbocycles. The minimum atomic E-state index is -0.395. The monoisotopic (exact) mass is 396 g/mol. The van der Waals surface area contributed by atoms with Gasteiger partial charge in [0.15, 0.2) is 6.29 Å². The van der Waals surface area contributed by atoms with Gasteiger partial charge in [0.2, 0.25) is 0 Å². The lowest BCUT2D eigenvalue weighted by atomic mass is 9.81. The van der Waals surface area contributed by atoms with Gasteiger partial charge in [0, 0.05) is 54.8 Å². The Hall–Kier alpha value is -2.64. The van der Waals surface area contributed by atoms with Gasteiger partial charge in [0.25, 0.3) is 5.91 Å². The summed E-state index contributed by atoms with van der Waals surface area (Å²) in [5, 5.41) is 11.5. The highest BCUT2D eigenvalue weighted by molar-refractivity contribution is 5.96. The number of hydrogen-bond donors (Lipinski definition) is 2. The predicted molar refractivity (Wildman–Crippen MR) is 110 cm³/mol. The zero-order valence-electron chi connectivity index (χ0n) is 17.0. The van der Waals surface area contributed by atoms with Crippen LogP contribution in [0.5, 0.6) is 0 Å². The summed E-state index contributed by atoms with van der Waals surface area (Å²) in [5.74, 6) is 0.209. The number of rotatable bonds is 9. The molecule has 0 saturated heterocycles. The van der Waals surface area contributed by atoms with Crippen LogP contribution in [0.2, 0.25) is 0 Å². The molecule has 7 nitrogen and oxygen atoms in total. The van der Waals surface area contributed by atoms with Crippen LogP contribution >= 0.6 is 0 Å². The van der Waals surface area contributed by atoms with Gasteiger partial charge in [-0.3, -0.25) is 24.5 Å². The summed E-state index contributed by atoms with van der Waals surface area (Å²) in [5.41, 5.74) is 4.76. The zero-order valence-corrected chi connectivity index (χ0v) is 17.0. The van der Waals surface area contributed by atoms with Crippen molar-refractivity contribution < 1.29 is 14.7 Å². The zero-order chi connectivity index (χ0) is 20.8. The first kappa shape index (κ1) is 21.1. The van der Waals surface area contributed by atoms with Crippen molar-refractivity contribution in [2.24, 2.45) is 0 Å². The van der Waals surface area contributed by atoms with Crippen molar-refractivity contribution >= 4 is 12.2 Å². The number of carbonyl (C=O) groups excluding carboxylic acids is 2. The standard InChI is InChI=1S/C22H28N4O3/c1-15-10-16(11-25-20(15)17-4-3-5-17)12-26(2)13-19-18(14-28)6-7-23-21(19)22(29)24-8-9-27/h6-7,10-11,14,17,27H,3-5,8-9,12-13H2,1-2H3,(H,24,29). The summed E-state index contributed by atoms with van der Waals surface area (Å²) < 4.78 is 0. The van der Waals surface area contributed by atoms with Gasteiger partial charge in [0.1, 0.15) is 5.69 Å². The van der Waals surface area contributed by atoms with Gasteiger partial charge in [-0.1, -0.05) is 12.5 Å². The molecule has 1 amide bonds. The van der Waals surface area contributed by atoms with E-state index in [1.165, 1.54) is 36.7 Å². The highest BCUT2D eigenvalue weighted by Crippen LogP contribution is 2.36. The quantitative estimate of drug-likeness (QED) is 0.631. The first-order valence-corrected chi connectivity index (χ1v) is 9.99. The minimum absolute atomic E-state index is 0.138. The third-order valence-electron chi connectivity index (χ3n) is 5.38. The van der Waals surface area contributed by atoms with Crippen LogP contribution in [0.3, 0.4) is 0 Å². The van der Waals surface area contributed by atoms with Gasteiger partial charge in [-0.2, -0.15) is 0 Å². The summed E-state index contributed by atoms with van der Waals surface area (Å²) in [4.78, 5) is 34.8. The summed E-state index contributed by atoms with van der Waals surface area (Å²) in [6.07, 6.45) is 7.86. The summed E-state index contributed by atoms with van der Waals surface area (Å²) >= 11 is 0. The van der Waals surface area contributed by atoms with Gasteiger partial charge in [-0.25, -0.2) is 0 Å². The second-order valence-corrected chi connectivity index (χ2v) is 7.67. The van der Waals surface area contributed by atoms with E-state index in [1.54, 1.807) is 6.07 Å². The van der Waals surface area contributed by atoms with E-state index in [1.807, 2.05) is 18.1 Å². The molecule has 0 bridgehead atoms. The lowest BCUT2D eigenvalue weighted by Crippen LogP contribution is -2.30. The van der Waals surface area contributed by atoms with Crippen LogP contribution in [0.15, 0.2) is 24.5 Å². The number of aromatic nitrogens is 2. The molecular formula is C22H28N4O3. The van der Waals surface area contributed by atoms with Crippen LogP contribution in [-0.2, 0) is 13.1 Å². The topological polar surface area (TPSA) is 95.4 Å². The molecule has 2 aromatic rings. The van der Waals surface area contributed by atoms with Gasteiger partial charge in [0.05, 0.1) is 6.61 Å². The average Bonchev–Trinajstić information content (AvgIpc) is 2.66. The highest BCUT2D eigenvalue weighted by atomic mass is 16.3. The van der Waals surface area contributed by atoms with E-state index in [0.717, 1.165) is 11.8 Å². The van der Waals surface area contributed by atoms with Crippen molar-refractivity contribution in [2.45, 2.75) is 45.2 Å². The number of aryl methyl sites for hydroxylation is 1. The Balaban J connectivity index is 1.74. The molecule has 1 aliphatic carbocycles. The van der Waals surface area contributed by atoms with Crippen LogP contribution < -0.4 is 5.32 Å². The van der Waals surface area contributed by atoms with Crippen LogP contribution in [0.25, 0.3) is 0 Å². The Kier molecular flexibility index (Phi) is 7.06. The Morgan fingerprint density at radius 2 is 2.14 bits per heavy atom. The van der Waals surface area contributed by atoms with E-state index >= 15 is 0 Å². The third kappa shape index (κ3) is 5.05. The van der Waals surface area contributed by atoms with Gasteiger partial charge in [-0.05, 0) is 44.0 Å². The lowest BCUT2D eigenvalue weighted by molar-refractivity contribution is 0.0937. The molecule has 1 aliphatic rings. The van der Waals surface area contributed by atoms with Crippen molar-refractivity contribution in [3.05, 3.63) is 58.2 Å². The van der Waals surface area contributed by atoms with Crippen LogP contribution in [0.4, 0.5) is 0 Å². The highest BCUT2D eigenvalue weighted by Gasteiger charge is 2.23. The molecular weight excluding hydrogens is 368 g/mol. The molecule has 2 N–H and O–H groups in total. The van der Waals surface area contributed by atoms with Crippen molar-refractivity contribution in [2.75, 3.05) is 20.2 Å². The summed E-state index contributed by atoms with van der Waals surface area (Å²) in [6.45, 7) is 3.13. The molecule has 0 spiro atoms. The number of amides is 1. The van der Waals surface area contributed by atoms with Crippen molar-refractivity contribution in [3.63, 3.8) is 0 Å². The lowest BCUT2D eigenvalue weighted by Gasteiger charge is -2.26. The molecule has 0 atom stereocenters. The second kappa shape index (κ2) is 9.71.